The predicted octanol–water partition coefficient (Wildman–Crippen LogP) is 5.18. The number of hydrogen-bond acceptors (Lipinski definition) is 2. The molecule has 1 heterocycles. The van der Waals surface area contributed by atoms with E-state index in [-0.39, 0.29) is 11.7 Å². The van der Waals surface area contributed by atoms with Crippen LogP contribution in [0.15, 0.2) is 49.1 Å². The number of thiophene rings is 1. The summed E-state index contributed by atoms with van der Waals surface area (Å²) in [5, 5.41) is 0. The lowest BCUT2D eigenvalue weighted by Crippen LogP contribution is -2.50. The third kappa shape index (κ3) is 3.26. The number of benzene rings is 1. The van der Waals surface area contributed by atoms with Crippen LogP contribution in [-0.4, -0.2) is 17.4 Å². The van der Waals surface area contributed by atoms with Crippen LogP contribution in [0.3, 0.4) is 0 Å². The van der Waals surface area contributed by atoms with Gasteiger partial charge in [0.25, 0.3) is 0 Å². The lowest BCUT2D eigenvalue weighted by molar-refractivity contribution is -0.141. The molecule has 2 nitrogen and oxygen atoms in total. The molecular formula is C19H19ClFNOS. The average Bonchev–Trinajstić information content (AvgIpc) is 2.91. The molecule has 5 heteroatoms. The van der Waals surface area contributed by atoms with Gasteiger partial charge in [-0.3, -0.25) is 4.79 Å². The van der Waals surface area contributed by atoms with Gasteiger partial charge in [0, 0.05) is 11.4 Å². The first-order valence-corrected chi connectivity index (χ1v) is 9.15. The molecule has 0 saturated heterocycles. The van der Waals surface area contributed by atoms with Crippen molar-refractivity contribution in [2.45, 2.75) is 31.2 Å². The minimum Gasteiger partial charge on any atom is -0.333 e. The first-order valence-electron chi connectivity index (χ1n) is 7.96. The molecule has 126 valence electrons. The standard InChI is InChI=1S/C19H19ClFNOS/c1-2-11-22(13-16-7-8-17(20)24-16)18(23)19(9-4-10-19)14-5-3-6-15(21)12-14/h2-3,5-8,12H,1,4,9-11,13H2. The van der Waals surface area contributed by atoms with Gasteiger partial charge in [0.15, 0.2) is 0 Å². The van der Waals surface area contributed by atoms with Crippen LogP contribution in [0.4, 0.5) is 4.39 Å². The molecule has 0 spiro atoms. The second-order valence-electron chi connectivity index (χ2n) is 6.13. The summed E-state index contributed by atoms with van der Waals surface area (Å²) in [7, 11) is 0. The number of carbonyl (C=O) groups excluding carboxylic acids is 1. The molecule has 0 atom stereocenters. The number of rotatable bonds is 6. The molecule has 24 heavy (non-hydrogen) atoms. The summed E-state index contributed by atoms with van der Waals surface area (Å²) < 4.78 is 14.4. The highest BCUT2D eigenvalue weighted by molar-refractivity contribution is 7.16. The third-order valence-corrected chi connectivity index (χ3v) is 5.82. The number of halogens is 2. The van der Waals surface area contributed by atoms with Crippen molar-refractivity contribution in [3.63, 3.8) is 0 Å². The van der Waals surface area contributed by atoms with Crippen LogP contribution >= 0.6 is 22.9 Å². The Morgan fingerprint density at radius 1 is 1.38 bits per heavy atom. The van der Waals surface area contributed by atoms with Gasteiger partial charge in [0.05, 0.1) is 16.3 Å². The van der Waals surface area contributed by atoms with Gasteiger partial charge in [-0.1, -0.05) is 36.2 Å². The monoisotopic (exact) mass is 363 g/mol. The highest BCUT2D eigenvalue weighted by Gasteiger charge is 2.47. The van der Waals surface area contributed by atoms with Gasteiger partial charge in [0.2, 0.25) is 5.91 Å². The van der Waals surface area contributed by atoms with Crippen LogP contribution in [0, 0.1) is 5.82 Å². The lowest BCUT2D eigenvalue weighted by atomic mass is 9.63. The smallest absolute Gasteiger partial charge is 0.233 e. The third-order valence-electron chi connectivity index (χ3n) is 4.61. The van der Waals surface area contributed by atoms with Crippen molar-refractivity contribution in [3.8, 4) is 0 Å². The topological polar surface area (TPSA) is 20.3 Å². The van der Waals surface area contributed by atoms with Crippen LogP contribution in [-0.2, 0) is 16.8 Å². The highest BCUT2D eigenvalue weighted by atomic mass is 35.5. The number of nitrogens with zero attached hydrogens (tertiary/aromatic N) is 1. The van der Waals surface area contributed by atoms with Crippen molar-refractivity contribution < 1.29 is 9.18 Å². The molecular weight excluding hydrogens is 345 g/mol. The van der Waals surface area contributed by atoms with Gasteiger partial charge >= 0.3 is 0 Å². The molecule has 1 aliphatic rings. The molecule has 1 amide bonds. The lowest BCUT2D eigenvalue weighted by Gasteiger charge is -2.43. The first kappa shape index (κ1) is 17.2. The molecule has 0 aliphatic heterocycles. The summed E-state index contributed by atoms with van der Waals surface area (Å²) in [5.74, 6) is -0.254. The largest absolute Gasteiger partial charge is 0.333 e. The Balaban J connectivity index is 1.88. The van der Waals surface area contributed by atoms with Gasteiger partial charge in [-0.2, -0.15) is 0 Å². The van der Waals surface area contributed by atoms with Gasteiger partial charge in [-0.25, -0.2) is 4.39 Å². The summed E-state index contributed by atoms with van der Waals surface area (Å²) in [6.45, 7) is 4.73. The van der Waals surface area contributed by atoms with E-state index in [9.17, 15) is 9.18 Å². The first-order chi connectivity index (χ1) is 11.5. The second kappa shape index (κ2) is 7.08. The maximum absolute atomic E-state index is 13.7. The van der Waals surface area contributed by atoms with E-state index in [2.05, 4.69) is 6.58 Å². The van der Waals surface area contributed by atoms with E-state index in [1.54, 1.807) is 17.0 Å². The second-order valence-corrected chi connectivity index (χ2v) is 7.93. The van der Waals surface area contributed by atoms with Crippen LogP contribution in [0.5, 0.6) is 0 Å². The summed E-state index contributed by atoms with van der Waals surface area (Å²) in [4.78, 5) is 16.1. The molecule has 1 aromatic heterocycles. The van der Waals surface area contributed by atoms with Crippen molar-refractivity contribution in [2.24, 2.45) is 0 Å². The zero-order valence-corrected chi connectivity index (χ0v) is 14.9. The predicted molar refractivity (Wildman–Crippen MR) is 96.9 cm³/mol. The van der Waals surface area contributed by atoms with E-state index in [0.29, 0.717) is 17.4 Å². The van der Waals surface area contributed by atoms with Crippen LogP contribution in [0.2, 0.25) is 4.34 Å². The molecule has 1 aromatic carbocycles. The molecule has 1 saturated carbocycles. The Morgan fingerprint density at radius 3 is 2.71 bits per heavy atom. The van der Waals surface area contributed by atoms with Gasteiger partial charge in [0.1, 0.15) is 5.82 Å². The van der Waals surface area contributed by atoms with Crippen molar-refractivity contribution in [1.82, 2.24) is 4.90 Å². The van der Waals surface area contributed by atoms with Crippen LogP contribution < -0.4 is 0 Å². The van der Waals surface area contributed by atoms with Gasteiger partial charge in [-0.15, -0.1) is 17.9 Å². The van der Waals surface area contributed by atoms with Crippen LogP contribution in [0.25, 0.3) is 0 Å². The fraction of sp³-hybridized carbons (Fsp3) is 0.316. The molecule has 3 rings (SSSR count). The highest BCUT2D eigenvalue weighted by Crippen LogP contribution is 2.45. The molecule has 1 fully saturated rings. The Hall–Kier alpha value is -1.65. The average molecular weight is 364 g/mol. The number of hydrogen-bond donors (Lipinski definition) is 0. The van der Waals surface area contributed by atoms with E-state index in [0.717, 1.165) is 29.7 Å². The summed E-state index contributed by atoms with van der Waals surface area (Å²) >= 11 is 7.47. The van der Waals surface area contributed by atoms with Crippen LogP contribution in [0.1, 0.15) is 29.7 Å². The molecule has 0 radical (unpaired) electrons. The quantitative estimate of drug-likeness (QED) is 0.648. The fourth-order valence-corrected chi connectivity index (χ4v) is 4.35. The Labute approximate surface area is 150 Å². The van der Waals surface area contributed by atoms with E-state index in [1.165, 1.54) is 23.5 Å². The Bertz CT molecular complexity index is 753. The Kier molecular flexibility index (Phi) is 5.07. The normalized spacial score (nSPS) is 15.6. The minimum absolute atomic E-state index is 0.0452. The van der Waals surface area contributed by atoms with E-state index >= 15 is 0 Å². The van der Waals surface area contributed by atoms with Crippen molar-refractivity contribution in [2.75, 3.05) is 6.54 Å². The maximum atomic E-state index is 13.7. The summed E-state index contributed by atoms with van der Waals surface area (Å²) in [6, 6.07) is 10.2. The van der Waals surface area contributed by atoms with Gasteiger partial charge in [-0.05, 0) is 42.7 Å². The summed E-state index contributed by atoms with van der Waals surface area (Å²) in [5.41, 5.74) is 0.170. The molecule has 2 aromatic rings. The fourth-order valence-electron chi connectivity index (χ4n) is 3.25. The number of carbonyl (C=O) groups is 1. The maximum Gasteiger partial charge on any atom is 0.233 e. The SMILES string of the molecule is C=CCN(Cc1ccc(Cl)s1)C(=O)C1(c2cccc(F)c2)CCC1. The molecule has 1 aliphatic carbocycles. The number of amides is 1. The zero-order valence-electron chi connectivity index (χ0n) is 13.3. The van der Waals surface area contributed by atoms with E-state index < -0.39 is 5.41 Å². The molecule has 0 unspecified atom stereocenters. The van der Waals surface area contributed by atoms with E-state index in [4.69, 9.17) is 11.6 Å². The molecule has 0 N–H and O–H groups in total. The van der Waals surface area contributed by atoms with E-state index in [1.807, 2.05) is 18.2 Å². The van der Waals surface area contributed by atoms with Crippen molar-refractivity contribution in [1.29, 1.82) is 0 Å². The zero-order chi connectivity index (χ0) is 17.2. The Morgan fingerprint density at radius 2 is 2.17 bits per heavy atom. The summed E-state index contributed by atoms with van der Waals surface area (Å²) in [6.07, 6.45) is 4.22. The van der Waals surface area contributed by atoms with Crippen molar-refractivity contribution >= 4 is 28.8 Å². The minimum atomic E-state index is -0.605. The molecule has 0 bridgehead atoms. The van der Waals surface area contributed by atoms with Crippen molar-refractivity contribution in [3.05, 3.63) is 69.6 Å². The van der Waals surface area contributed by atoms with Gasteiger partial charge < -0.3 is 4.90 Å².